The molecule has 96 valence electrons. The Balaban J connectivity index is 2.85. The van der Waals surface area contributed by atoms with E-state index in [1.54, 1.807) is 20.8 Å². The normalized spacial score (nSPS) is 22.0. The summed E-state index contributed by atoms with van der Waals surface area (Å²) in [6.07, 6.45) is 4.99. The molecule has 16 heavy (non-hydrogen) atoms. The highest BCUT2D eigenvalue weighted by molar-refractivity contribution is 7.90. The highest BCUT2D eigenvalue weighted by Gasteiger charge is 2.39. The third-order valence-corrected chi connectivity index (χ3v) is 6.05. The van der Waals surface area contributed by atoms with Crippen LogP contribution in [0.3, 0.4) is 0 Å². The standard InChI is InChI=1S/C11H22ClNO2S/c1-10(2,3)16(14,15)13-11(9-12)7-5-4-6-8-11/h13H,4-9H2,1-3H3. The maximum atomic E-state index is 12.1. The van der Waals surface area contributed by atoms with Crippen LogP contribution in [-0.4, -0.2) is 24.6 Å². The second-order valence-corrected chi connectivity index (χ2v) is 8.40. The van der Waals surface area contributed by atoms with Gasteiger partial charge in [-0.1, -0.05) is 19.3 Å². The first-order valence-corrected chi connectivity index (χ1v) is 7.84. The van der Waals surface area contributed by atoms with Crippen LogP contribution in [0.4, 0.5) is 0 Å². The van der Waals surface area contributed by atoms with Crippen LogP contribution in [0.25, 0.3) is 0 Å². The topological polar surface area (TPSA) is 46.2 Å². The lowest BCUT2D eigenvalue weighted by Gasteiger charge is -2.38. The molecule has 1 aliphatic carbocycles. The lowest BCUT2D eigenvalue weighted by atomic mass is 9.84. The van der Waals surface area contributed by atoms with E-state index in [9.17, 15) is 8.42 Å². The van der Waals surface area contributed by atoms with Crippen molar-refractivity contribution in [3.63, 3.8) is 0 Å². The fourth-order valence-corrected chi connectivity index (χ4v) is 3.50. The second kappa shape index (κ2) is 4.83. The maximum Gasteiger partial charge on any atom is 0.217 e. The van der Waals surface area contributed by atoms with E-state index in [0.717, 1.165) is 25.7 Å². The average Bonchev–Trinajstić information content (AvgIpc) is 2.17. The first-order valence-electron chi connectivity index (χ1n) is 5.82. The minimum Gasteiger partial charge on any atom is -0.212 e. The molecule has 0 saturated heterocycles. The first kappa shape index (κ1) is 14.3. The summed E-state index contributed by atoms with van der Waals surface area (Å²) in [4.78, 5) is 0. The minimum atomic E-state index is -3.30. The number of alkyl halides is 1. The van der Waals surface area contributed by atoms with Gasteiger partial charge in [0.05, 0.1) is 4.75 Å². The molecule has 0 aromatic rings. The van der Waals surface area contributed by atoms with Gasteiger partial charge in [-0.2, -0.15) is 0 Å². The molecule has 0 atom stereocenters. The number of nitrogens with one attached hydrogen (secondary N) is 1. The quantitative estimate of drug-likeness (QED) is 0.799. The zero-order valence-electron chi connectivity index (χ0n) is 10.3. The summed E-state index contributed by atoms with van der Waals surface area (Å²) in [5.41, 5.74) is -0.411. The van der Waals surface area contributed by atoms with Crippen LogP contribution < -0.4 is 4.72 Å². The Bertz CT molecular complexity index is 326. The molecule has 3 nitrogen and oxygen atoms in total. The molecule has 0 radical (unpaired) electrons. The van der Waals surface area contributed by atoms with Crippen molar-refractivity contribution >= 4 is 21.6 Å². The molecule has 1 rings (SSSR count). The molecule has 1 N–H and O–H groups in total. The third-order valence-electron chi connectivity index (χ3n) is 3.22. The van der Waals surface area contributed by atoms with Gasteiger partial charge in [-0.3, -0.25) is 0 Å². The number of hydrogen-bond acceptors (Lipinski definition) is 2. The molecule has 0 spiro atoms. The molecular formula is C11H22ClNO2S. The monoisotopic (exact) mass is 267 g/mol. The third kappa shape index (κ3) is 3.11. The number of sulfonamides is 1. The van der Waals surface area contributed by atoms with E-state index in [1.165, 1.54) is 6.42 Å². The second-order valence-electron chi connectivity index (χ2n) is 5.69. The van der Waals surface area contributed by atoms with E-state index in [-0.39, 0.29) is 0 Å². The van der Waals surface area contributed by atoms with Crippen LogP contribution in [0.2, 0.25) is 0 Å². The van der Waals surface area contributed by atoms with Gasteiger partial charge in [0.1, 0.15) is 0 Å². The molecule has 5 heteroatoms. The SMILES string of the molecule is CC(C)(C)S(=O)(=O)NC1(CCl)CCCCC1. The van der Waals surface area contributed by atoms with E-state index >= 15 is 0 Å². The Morgan fingerprint density at radius 1 is 1.19 bits per heavy atom. The van der Waals surface area contributed by atoms with E-state index in [1.807, 2.05) is 0 Å². The van der Waals surface area contributed by atoms with Crippen molar-refractivity contribution in [2.24, 2.45) is 0 Å². The largest absolute Gasteiger partial charge is 0.217 e. The van der Waals surface area contributed by atoms with E-state index < -0.39 is 20.3 Å². The zero-order valence-corrected chi connectivity index (χ0v) is 11.9. The smallest absolute Gasteiger partial charge is 0.212 e. The fourth-order valence-electron chi connectivity index (χ4n) is 1.93. The molecule has 1 saturated carbocycles. The van der Waals surface area contributed by atoms with Gasteiger partial charge in [0.15, 0.2) is 0 Å². The lowest BCUT2D eigenvalue weighted by molar-refractivity contribution is 0.295. The average molecular weight is 268 g/mol. The van der Waals surface area contributed by atoms with Crippen LogP contribution in [0.1, 0.15) is 52.9 Å². The van der Waals surface area contributed by atoms with Crippen molar-refractivity contribution < 1.29 is 8.42 Å². The number of halogens is 1. The number of hydrogen-bond donors (Lipinski definition) is 1. The Labute approximate surface area is 104 Å². The molecule has 1 aliphatic rings. The summed E-state index contributed by atoms with van der Waals surface area (Å²) in [6.45, 7) is 5.13. The molecule has 0 aliphatic heterocycles. The summed E-state index contributed by atoms with van der Waals surface area (Å²) in [6, 6.07) is 0. The van der Waals surface area contributed by atoms with Crippen LogP contribution in [0.15, 0.2) is 0 Å². The first-order chi connectivity index (χ1) is 7.22. The highest BCUT2D eigenvalue weighted by atomic mass is 35.5. The van der Waals surface area contributed by atoms with Gasteiger partial charge >= 0.3 is 0 Å². The van der Waals surface area contributed by atoms with Gasteiger partial charge in [0.2, 0.25) is 10.0 Å². The van der Waals surface area contributed by atoms with Crippen LogP contribution in [-0.2, 0) is 10.0 Å². The Morgan fingerprint density at radius 2 is 1.69 bits per heavy atom. The van der Waals surface area contributed by atoms with E-state index in [4.69, 9.17) is 11.6 Å². The summed E-state index contributed by atoms with van der Waals surface area (Å²) >= 11 is 5.97. The minimum absolute atomic E-state index is 0.363. The van der Waals surface area contributed by atoms with E-state index in [2.05, 4.69) is 4.72 Å². The van der Waals surface area contributed by atoms with Gasteiger partial charge in [0, 0.05) is 11.4 Å². The van der Waals surface area contributed by atoms with Crippen LogP contribution in [0.5, 0.6) is 0 Å². The molecule has 1 fully saturated rings. The van der Waals surface area contributed by atoms with Gasteiger partial charge in [0.25, 0.3) is 0 Å². The maximum absolute atomic E-state index is 12.1. The van der Waals surface area contributed by atoms with Crippen LogP contribution in [0, 0.1) is 0 Å². The van der Waals surface area contributed by atoms with Crippen molar-refractivity contribution in [2.45, 2.75) is 63.2 Å². The van der Waals surface area contributed by atoms with Gasteiger partial charge in [-0.05, 0) is 33.6 Å². The molecular weight excluding hydrogens is 246 g/mol. The predicted octanol–water partition coefficient (Wildman–Crippen LogP) is 2.65. The summed E-state index contributed by atoms with van der Waals surface area (Å²) in [5.74, 6) is 0.363. The molecule has 0 bridgehead atoms. The van der Waals surface area contributed by atoms with Crippen molar-refractivity contribution in [1.82, 2.24) is 4.72 Å². The van der Waals surface area contributed by atoms with Crippen molar-refractivity contribution in [3.8, 4) is 0 Å². The summed E-state index contributed by atoms with van der Waals surface area (Å²) in [7, 11) is -3.30. The van der Waals surface area contributed by atoms with Crippen molar-refractivity contribution in [3.05, 3.63) is 0 Å². The lowest BCUT2D eigenvalue weighted by Crippen LogP contribution is -2.55. The summed E-state index contributed by atoms with van der Waals surface area (Å²) in [5, 5.41) is 0. The van der Waals surface area contributed by atoms with Crippen LogP contribution >= 0.6 is 11.6 Å². The Kier molecular flexibility index (Phi) is 4.30. The van der Waals surface area contributed by atoms with Gasteiger partial charge in [-0.25, -0.2) is 13.1 Å². The molecule has 0 heterocycles. The zero-order chi connectivity index (χ0) is 12.4. The summed E-state index contributed by atoms with van der Waals surface area (Å²) < 4.78 is 26.3. The van der Waals surface area contributed by atoms with Crippen molar-refractivity contribution in [2.75, 3.05) is 5.88 Å². The van der Waals surface area contributed by atoms with Gasteiger partial charge in [-0.15, -0.1) is 11.6 Å². The molecule has 0 aromatic heterocycles. The van der Waals surface area contributed by atoms with E-state index in [0.29, 0.717) is 5.88 Å². The Morgan fingerprint density at radius 3 is 2.06 bits per heavy atom. The predicted molar refractivity (Wildman–Crippen MR) is 68.3 cm³/mol. The molecule has 0 amide bonds. The molecule has 0 aromatic carbocycles. The van der Waals surface area contributed by atoms with Crippen molar-refractivity contribution in [1.29, 1.82) is 0 Å². The highest BCUT2D eigenvalue weighted by Crippen LogP contribution is 2.31. The van der Waals surface area contributed by atoms with Gasteiger partial charge < -0.3 is 0 Å². The molecule has 0 unspecified atom stereocenters. The Hall–Kier alpha value is 0.200. The fraction of sp³-hybridized carbons (Fsp3) is 1.00. The number of rotatable bonds is 3.